The fraction of sp³-hybridized carbons (Fsp3) is 0.143. The molecule has 0 radical (unpaired) electrons. The van der Waals surface area contributed by atoms with Crippen LogP contribution >= 0.6 is 0 Å². The Morgan fingerprint density at radius 2 is 1.93 bits per heavy atom. The van der Waals surface area contributed by atoms with Crippen LogP contribution in [0.1, 0.15) is 26.5 Å². The molecular formula is C21H15NO7. The number of esters is 1. The number of ether oxygens (including phenoxy) is 2. The molecule has 0 aliphatic carbocycles. The topological polar surface area (TPSA) is 112 Å². The Balaban J connectivity index is 1.48. The van der Waals surface area contributed by atoms with Crippen LogP contribution in [0.15, 0.2) is 51.7 Å². The van der Waals surface area contributed by atoms with Crippen LogP contribution < -0.4 is 15.5 Å². The molecule has 8 heteroatoms. The average Bonchev–Trinajstić information content (AvgIpc) is 2.71. The van der Waals surface area contributed by atoms with Gasteiger partial charge < -0.3 is 19.2 Å². The van der Waals surface area contributed by atoms with E-state index in [0.29, 0.717) is 16.8 Å². The lowest BCUT2D eigenvalue weighted by atomic mass is 10.1. The van der Waals surface area contributed by atoms with Crippen molar-refractivity contribution in [3.8, 4) is 5.75 Å². The molecule has 29 heavy (non-hydrogen) atoms. The molecule has 2 heterocycles. The van der Waals surface area contributed by atoms with Gasteiger partial charge in [0.25, 0.3) is 5.91 Å². The van der Waals surface area contributed by atoms with Gasteiger partial charge in [0.05, 0.1) is 11.1 Å². The third-order valence-corrected chi connectivity index (χ3v) is 4.35. The molecule has 0 saturated carbocycles. The first-order chi connectivity index (χ1) is 13.9. The molecule has 0 bridgehead atoms. The van der Waals surface area contributed by atoms with E-state index in [9.17, 15) is 19.2 Å². The highest BCUT2D eigenvalue weighted by molar-refractivity contribution is 6.02. The van der Waals surface area contributed by atoms with Crippen molar-refractivity contribution in [3.63, 3.8) is 0 Å². The summed E-state index contributed by atoms with van der Waals surface area (Å²) in [6.07, 6.45) is 0. The monoisotopic (exact) mass is 393 g/mol. The van der Waals surface area contributed by atoms with Gasteiger partial charge in [-0.3, -0.25) is 14.4 Å². The number of nitrogens with one attached hydrogen (secondary N) is 1. The molecule has 0 saturated heterocycles. The number of anilines is 1. The van der Waals surface area contributed by atoms with Crippen molar-refractivity contribution in [2.24, 2.45) is 0 Å². The number of aryl methyl sites for hydroxylation is 1. The third-order valence-electron chi connectivity index (χ3n) is 4.35. The molecule has 0 spiro atoms. The Morgan fingerprint density at radius 3 is 2.76 bits per heavy atom. The van der Waals surface area contributed by atoms with Crippen LogP contribution in [-0.2, 0) is 9.53 Å². The maximum Gasteiger partial charge on any atom is 0.374 e. The van der Waals surface area contributed by atoms with Gasteiger partial charge in [-0.25, -0.2) is 4.79 Å². The molecular weight excluding hydrogens is 378 g/mol. The number of fused-ring (bicyclic) bond motifs is 2. The number of ketones is 1. The maximum absolute atomic E-state index is 12.3. The summed E-state index contributed by atoms with van der Waals surface area (Å²) in [5.41, 5.74) is 1.37. The lowest BCUT2D eigenvalue weighted by Crippen LogP contribution is -2.25. The second kappa shape index (κ2) is 7.23. The van der Waals surface area contributed by atoms with E-state index < -0.39 is 18.4 Å². The Labute approximate surface area is 164 Å². The molecule has 2 aromatic carbocycles. The van der Waals surface area contributed by atoms with Crippen molar-refractivity contribution in [1.29, 1.82) is 0 Å². The molecule has 1 aliphatic rings. The van der Waals surface area contributed by atoms with Crippen LogP contribution in [0.3, 0.4) is 0 Å². The van der Waals surface area contributed by atoms with Crippen molar-refractivity contribution in [1.82, 2.24) is 0 Å². The van der Waals surface area contributed by atoms with Crippen molar-refractivity contribution in [3.05, 3.63) is 69.6 Å². The minimum Gasteiger partial charge on any atom is -0.482 e. The van der Waals surface area contributed by atoms with Crippen LogP contribution in [0.25, 0.3) is 11.0 Å². The largest absolute Gasteiger partial charge is 0.482 e. The van der Waals surface area contributed by atoms with Gasteiger partial charge in [-0.1, -0.05) is 11.6 Å². The summed E-state index contributed by atoms with van der Waals surface area (Å²) < 4.78 is 15.7. The third kappa shape index (κ3) is 3.73. The van der Waals surface area contributed by atoms with Crippen LogP contribution in [-0.4, -0.2) is 30.9 Å². The van der Waals surface area contributed by atoms with E-state index >= 15 is 0 Å². The molecule has 0 atom stereocenters. The molecule has 1 aliphatic heterocycles. The molecule has 1 N–H and O–H groups in total. The summed E-state index contributed by atoms with van der Waals surface area (Å²) in [6, 6.07) is 10.6. The Morgan fingerprint density at radius 1 is 1.10 bits per heavy atom. The first-order valence-electron chi connectivity index (χ1n) is 8.72. The predicted octanol–water partition coefficient (Wildman–Crippen LogP) is 2.47. The fourth-order valence-electron chi connectivity index (χ4n) is 2.91. The number of carbonyl (C=O) groups is 3. The van der Waals surface area contributed by atoms with E-state index in [0.717, 1.165) is 11.6 Å². The van der Waals surface area contributed by atoms with Gasteiger partial charge in [0.15, 0.2) is 24.4 Å². The Bertz CT molecular complexity index is 1230. The standard InChI is InChI=1S/C21H15NO7/c1-11-2-4-17-13(6-11)15(23)8-19(29-17)21(26)28-9-16(24)12-3-5-18-14(7-12)22-20(25)10-27-18/h2-8H,9-10H2,1H3,(H,22,25). The second-order valence-electron chi connectivity index (χ2n) is 6.52. The molecule has 3 aromatic rings. The van der Waals surface area contributed by atoms with Crippen LogP contribution in [0.5, 0.6) is 5.75 Å². The highest BCUT2D eigenvalue weighted by atomic mass is 16.5. The molecule has 8 nitrogen and oxygen atoms in total. The van der Waals surface area contributed by atoms with E-state index in [1.54, 1.807) is 24.3 Å². The Hall–Kier alpha value is -3.94. The zero-order valence-electron chi connectivity index (χ0n) is 15.3. The minimum absolute atomic E-state index is 0.0889. The van der Waals surface area contributed by atoms with Crippen LogP contribution in [0, 0.1) is 6.92 Å². The normalized spacial score (nSPS) is 12.7. The van der Waals surface area contributed by atoms with Crippen LogP contribution in [0.2, 0.25) is 0 Å². The number of benzene rings is 2. The van der Waals surface area contributed by atoms with Gasteiger partial charge in [-0.2, -0.15) is 0 Å². The highest BCUT2D eigenvalue weighted by Crippen LogP contribution is 2.28. The lowest BCUT2D eigenvalue weighted by Gasteiger charge is -2.18. The van der Waals surface area contributed by atoms with Gasteiger partial charge in [0.1, 0.15) is 11.3 Å². The molecule has 4 rings (SSSR count). The summed E-state index contributed by atoms with van der Waals surface area (Å²) in [7, 11) is 0. The summed E-state index contributed by atoms with van der Waals surface area (Å²) >= 11 is 0. The average molecular weight is 393 g/mol. The fourth-order valence-corrected chi connectivity index (χ4v) is 2.91. The minimum atomic E-state index is -0.924. The van der Waals surface area contributed by atoms with E-state index in [1.807, 2.05) is 6.92 Å². The van der Waals surface area contributed by atoms with E-state index in [2.05, 4.69) is 5.32 Å². The Kier molecular flexibility index (Phi) is 4.59. The molecule has 0 fully saturated rings. The molecule has 146 valence electrons. The number of carbonyl (C=O) groups excluding carboxylic acids is 3. The van der Waals surface area contributed by atoms with Crippen molar-refractivity contribution in [2.45, 2.75) is 6.92 Å². The van der Waals surface area contributed by atoms with Crippen LogP contribution in [0.4, 0.5) is 5.69 Å². The summed E-state index contributed by atoms with van der Waals surface area (Å²) in [4.78, 5) is 48.2. The highest BCUT2D eigenvalue weighted by Gasteiger charge is 2.20. The number of rotatable bonds is 4. The summed E-state index contributed by atoms with van der Waals surface area (Å²) in [5, 5.41) is 2.96. The van der Waals surface area contributed by atoms with Gasteiger partial charge in [0, 0.05) is 11.6 Å². The van der Waals surface area contributed by atoms with Crippen molar-refractivity contribution < 1.29 is 28.3 Å². The SMILES string of the molecule is Cc1ccc2oc(C(=O)OCC(=O)c3ccc4c(c3)NC(=O)CO4)cc(=O)c2c1. The first kappa shape index (κ1) is 18.4. The lowest BCUT2D eigenvalue weighted by molar-refractivity contribution is -0.118. The predicted molar refractivity (Wildman–Crippen MR) is 102 cm³/mol. The first-order valence-corrected chi connectivity index (χ1v) is 8.72. The van der Waals surface area contributed by atoms with Crippen molar-refractivity contribution in [2.75, 3.05) is 18.5 Å². The summed E-state index contributed by atoms with van der Waals surface area (Å²) in [6.45, 7) is 1.20. The van der Waals surface area contributed by atoms with Gasteiger partial charge in [-0.15, -0.1) is 0 Å². The maximum atomic E-state index is 12.3. The molecule has 0 unspecified atom stereocenters. The number of hydrogen-bond donors (Lipinski definition) is 1. The number of amides is 1. The number of hydrogen-bond acceptors (Lipinski definition) is 7. The van der Waals surface area contributed by atoms with E-state index in [-0.39, 0.29) is 34.8 Å². The van der Waals surface area contributed by atoms with Crippen molar-refractivity contribution >= 4 is 34.3 Å². The number of Topliss-reactive ketones (excluding diaryl/α,β-unsaturated/α-hetero) is 1. The van der Waals surface area contributed by atoms with Gasteiger partial charge >= 0.3 is 5.97 Å². The van der Waals surface area contributed by atoms with Gasteiger partial charge in [0.2, 0.25) is 5.76 Å². The van der Waals surface area contributed by atoms with E-state index in [4.69, 9.17) is 13.9 Å². The zero-order valence-corrected chi connectivity index (χ0v) is 15.3. The quantitative estimate of drug-likeness (QED) is 0.535. The smallest absolute Gasteiger partial charge is 0.374 e. The second-order valence-corrected chi connectivity index (χ2v) is 6.52. The van der Waals surface area contributed by atoms with E-state index in [1.165, 1.54) is 12.1 Å². The molecule has 1 amide bonds. The van der Waals surface area contributed by atoms with Gasteiger partial charge in [-0.05, 0) is 37.3 Å². The summed E-state index contributed by atoms with van der Waals surface area (Å²) in [5.74, 6) is -1.57. The zero-order chi connectivity index (χ0) is 20.5. The molecule has 1 aromatic heterocycles.